The summed E-state index contributed by atoms with van der Waals surface area (Å²) in [5.74, 6) is 2.28. The zero-order chi connectivity index (χ0) is 22.9. The van der Waals surface area contributed by atoms with Crippen LogP contribution in [0.4, 0.5) is 5.69 Å². The Morgan fingerprint density at radius 3 is 2.12 bits per heavy atom. The maximum atomic E-state index is 13.3. The number of methoxy groups -OCH3 is 2. The first-order valence-corrected chi connectivity index (χ1v) is 11.9. The average Bonchev–Trinajstić information content (AvgIpc) is 3.37. The summed E-state index contributed by atoms with van der Waals surface area (Å²) in [7, 11) is 3.34. The summed E-state index contributed by atoms with van der Waals surface area (Å²) in [5, 5.41) is 4.70. The number of ether oxygens (including phenoxy) is 2. The highest BCUT2D eigenvalue weighted by Gasteiger charge is 2.43. The van der Waals surface area contributed by atoms with E-state index in [2.05, 4.69) is 44.1 Å². The molecule has 8 nitrogen and oxygen atoms in total. The van der Waals surface area contributed by atoms with Crippen LogP contribution in [-0.4, -0.2) is 71.2 Å². The Labute approximate surface area is 197 Å². The highest BCUT2D eigenvalue weighted by Crippen LogP contribution is 2.41. The lowest BCUT2D eigenvalue weighted by atomic mass is 9.99. The molecule has 0 saturated carbocycles. The fraction of sp³-hybridized carbons (Fsp3) is 0.375. The highest BCUT2D eigenvalue weighted by molar-refractivity contribution is 8.00. The standard InChI is InChI=1S/C24H27N5O3S/c1-16-25-24-29(26-16)23(30)22(33-24)21(17-4-8-19(31-2)9-5-17)28-14-12-27(13-15-28)18-6-10-20(32-3)11-7-18/h4-11,21-22H,12-15H2,1-3H3. The number of carbonyl (C=O) groups is 1. The topological polar surface area (TPSA) is 72.7 Å². The van der Waals surface area contributed by atoms with Gasteiger partial charge in [-0.05, 0) is 48.9 Å². The van der Waals surface area contributed by atoms with Gasteiger partial charge in [-0.2, -0.15) is 4.68 Å². The smallest absolute Gasteiger partial charge is 0.264 e. The van der Waals surface area contributed by atoms with Crippen LogP contribution < -0.4 is 14.4 Å². The van der Waals surface area contributed by atoms with E-state index in [-0.39, 0.29) is 17.2 Å². The van der Waals surface area contributed by atoms with E-state index in [4.69, 9.17) is 9.47 Å². The first kappa shape index (κ1) is 21.8. The largest absolute Gasteiger partial charge is 0.497 e. The first-order valence-electron chi connectivity index (χ1n) is 11.0. The lowest BCUT2D eigenvalue weighted by molar-refractivity contribution is 0.0830. The minimum atomic E-state index is -0.290. The molecular formula is C24H27N5O3S. The summed E-state index contributed by atoms with van der Waals surface area (Å²) in [6, 6.07) is 16.1. The second kappa shape index (κ2) is 9.07. The summed E-state index contributed by atoms with van der Waals surface area (Å²) in [5.41, 5.74) is 2.28. The van der Waals surface area contributed by atoms with Crippen LogP contribution in [0.5, 0.6) is 11.5 Å². The zero-order valence-electron chi connectivity index (χ0n) is 19.0. The van der Waals surface area contributed by atoms with Crippen LogP contribution in [-0.2, 0) is 0 Å². The number of piperazine rings is 1. The molecule has 0 N–H and O–H groups in total. The summed E-state index contributed by atoms with van der Waals surface area (Å²) in [6.07, 6.45) is 0. The van der Waals surface area contributed by atoms with E-state index in [0.29, 0.717) is 11.0 Å². The molecule has 1 aromatic heterocycles. The second-order valence-electron chi connectivity index (χ2n) is 8.17. The number of thioether (sulfide) groups is 1. The van der Waals surface area contributed by atoms with Crippen LogP contribution in [0.2, 0.25) is 0 Å². The predicted octanol–water partition coefficient (Wildman–Crippen LogP) is 3.28. The third-order valence-electron chi connectivity index (χ3n) is 6.26. The maximum Gasteiger partial charge on any atom is 0.264 e. The monoisotopic (exact) mass is 465 g/mol. The summed E-state index contributed by atoms with van der Waals surface area (Å²) in [4.78, 5) is 22.5. The van der Waals surface area contributed by atoms with Gasteiger partial charge in [-0.25, -0.2) is 4.98 Å². The molecule has 9 heteroatoms. The molecule has 0 spiro atoms. The van der Waals surface area contributed by atoms with Gasteiger partial charge in [0.25, 0.3) is 5.91 Å². The molecule has 2 aliphatic rings. The molecule has 33 heavy (non-hydrogen) atoms. The number of hydrogen-bond donors (Lipinski definition) is 0. The van der Waals surface area contributed by atoms with Gasteiger partial charge in [0.1, 0.15) is 22.6 Å². The molecule has 1 fully saturated rings. The molecule has 2 aromatic carbocycles. The number of hydrogen-bond acceptors (Lipinski definition) is 8. The number of aromatic nitrogens is 3. The van der Waals surface area contributed by atoms with Crippen LogP contribution >= 0.6 is 11.8 Å². The first-order chi connectivity index (χ1) is 16.1. The van der Waals surface area contributed by atoms with E-state index >= 15 is 0 Å². The number of rotatable bonds is 6. The molecule has 5 rings (SSSR count). The van der Waals surface area contributed by atoms with Gasteiger partial charge < -0.3 is 14.4 Å². The molecular weight excluding hydrogens is 438 g/mol. The number of benzene rings is 2. The van der Waals surface area contributed by atoms with Gasteiger partial charge in [0, 0.05) is 31.9 Å². The number of aryl methyl sites for hydroxylation is 1. The van der Waals surface area contributed by atoms with Crippen molar-refractivity contribution in [3.8, 4) is 11.5 Å². The maximum absolute atomic E-state index is 13.3. The van der Waals surface area contributed by atoms with Gasteiger partial charge in [-0.3, -0.25) is 9.69 Å². The van der Waals surface area contributed by atoms with Crippen LogP contribution in [0.15, 0.2) is 53.7 Å². The van der Waals surface area contributed by atoms with Crippen molar-refractivity contribution in [2.45, 2.75) is 23.4 Å². The molecule has 0 bridgehead atoms. The molecule has 3 heterocycles. The van der Waals surface area contributed by atoms with E-state index in [1.54, 1.807) is 14.2 Å². The average molecular weight is 466 g/mol. The number of anilines is 1. The Kier molecular flexibility index (Phi) is 5.99. The van der Waals surface area contributed by atoms with Crippen molar-refractivity contribution < 1.29 is 14.3 Å². The van der Waals surface area contributed by atoms with Crippen molar-refractivity contribution in [2.24, 2.45) is 0 Å². The predicted molar refractivity (Wildman–Crippen MR) is 128 cm³/mol. The minimum absolute atomic E-state index is 0.00555. The van der Waals surface area contributed by atoms with Gasteiger partial charge in [0.2, 0.25) is 0 Å². The fourth-order valence-electron chi connectivity index (χ4n) is 4.53. The molecule has 2 atom stereocenters. The molecule has 172 valence electrons. The van der Waals surface area contributed by atoms with Crippen LogP contribution in [0.1, 0.15) is 22.2 Å². The van der Waals surface area contributed by atoms with Gasteiger partial charge in [-0.1, -0.05) is 23.9 Å². The third kappa shape index (κ3) is 4.18. The Morgan fingerprint density at radius 1 is 0.939 bits per heavy atom. The van der Waals surface area contributed by atoms with Gasteiger partial charge in [-0.15, -0.1) is 5.10 Å². The SMILES string of the molecule is COc1ccc(C(C2Sc3nc(C)nn3C2=O)N2CCN(c3ccc(OC)cc3)CC2)cc1. The van der Waals surface area contributed by atoms with Crippen LogP contribution in [0.25, 0.3) is 0 Å². The number of carbonyl (C=O) groups excluding carboxylic acids is 1. The molecule has 2 aliphatic heterocycles. The lowest BCUT2D eigenvalue weighted by Gasteiger charge is -2.41. The van der Waals surface area contributed by atoms with E-state index in [0.717, 1.165) is 43.2 Å². The Hall–Kier alpha value is -3.04. The van der Waals surface area contributed by atoms with Crippen molar-refractivity contribution in [3.05, 3.63) is 59.9 Å². The van der Waals surface area contributed by atoms with Crippen molar-refractivity contribution >= 4 is 23.4 Å². The fourth-order valence-corrected chi connectivity index (χ4v) is 5.83. The van der Waals surface area contributed by atoms with Crippen molar-refractivity contribution in [1.29, 1.82) is 0 Å². The Balaban J connectivity index is 1.38. The quantitative estimate of drug-likeness (QED) is 0.549. The van der Waals surface area contributed by atoms with E-state index in [1.807, 2.05) is 31.2 Å². The van der Waals surface area contributed by atoms with Gasteiger partial charge in [0.15, 0.2) is 5.16 Å². The molecule has 1 saturated heterocycles. The van der Waals surface area contributed by atoms with Crippen LogP contribution in [0.3, 0.4) is 0 Å². The number of fused-ring (bicyclic) bond motifs is 1. The second-order valence-corrected chi connectivity index (χ2v) is 9.28. The van der Waals surface area contributed by atoms with Crippen LogP contribution in [0, 0.1) is 6.92 Å². The molecule has 3 aromatic rings. The Bertz CT molecular complexity index is 1120. The molecule has 2 unspecified atom stereocenters. The minimum Gasteiger partial charge on any atom is -0.497 e. The number of nitrogens with zero attached hydrogens (tertiary/aromatic N) is 5. The normalized spacial score (nSPS) is 19.4. The molecule has 0 aliphatic carbocycles. The lowest BCUT2D eigenvalue weighted by Crippen LogP contribution is -2.50. The van der Waals surface area contributed by atoms with Crippen molar-refractivity contribution in [3.63, 3.8) is 0 Å². The zero-order valence-corrected chi connectivity index (χ0v) is 19.8. The third-order valence-corrected chi connectivity index (χ3v) is 7.45. The molecule has 0 amide bonds. The highest BCUT2D eigenvalue weighted by atomic mass is 32.2. The van der Waals surface area contributed by atoms with E-state index in [1.165, 1.54) is 22.1 Å². The van der Waals surface area contributed by atoms with Crippen molar-refractivity contribution in [2.75, 3.05) is 45.3 Å². The summed E-state index contributed by atoms with van der Waals surface area (Å²) < 4.78 is 12.1. The van der Waals surface area contributed by atoms with E-state index < -0.39 is 0 Å². The van der Waals surface area contributed by atoms with Gasteiger partial charge >= 0.3 is 0 Å². The van der Waals surface area contributed by atoms with E-state index in [9.17, 15) is 4.79 Å². The summed E-state index contributed by atoms with van der Waals surface area (Å²) in [6.45, 7) is 5.27. The molecule has 0 radical (unpaired) electrons. The Morgan fingerprint density at radius 2 is 1.55 bits per heavy atom. The van der Waals surface area contributed by atoms with Gasteiger partial charge in [0.05, 0.1) is 20.3 Å². The van der Waals surface area contributed by atoms with Crippen molar-refractivity contribution in [1.82, 2.24) is 19.7 Å². The summed E-state index contributed by atoms with van der Waals surface area (Å²) >= 11 is 1.51.